The highest BCUT2D eigenvalue weighted by Crippen LogP contribution is 2.20. The summed E-state index contributed by atoms with van der Waals surface area (Å²) < 4.78 is 10.1. The van der Waals surface area contributed by atoms with Gasteiger partial charge in [-0.3, -0.25) is 4.79 Å². The molecule has 2 rings (SSSR count). The maximum Gasteiger partial charge on any atom is 0.254 e. The van der Waals surface area contributed by atoms with Gasteiger partial charge in [-0.2, -0.15) is 0 Å². The van der Waals surface area contributed by atoms with E-state index in [2.05, 4.69) is 10.3 Å². The first-order valence-electron chi connectivity index (χ1n) is 6.20. The standard InChI is InChI=1S/C14H17N3O3/c1-9-16-12(8-20-9)10-3-5-11(6-4-10)17-14(18)13(7-15)19-2/h3-6,8,13H,7,15H2,1-2H3,(H,17,18). The van der Waals surface area contributed by atoms with E-state index in [-0.39, 0.29) is 12.5 Å². The van der Waals surface area contributed by atoms with E-state index in [0.717, 1.165) is 11.3 Å². The summed E-state index contributed by atoms with van der Waals surface area (Å²) in [6, 6.07) is 7.30. The lowest BCUT2D eigenvalue weighted by Crippen LogP contribution is -2.35. The first-order valence-corrected chi connectivity index (χ1v) is 6.20. The Hall–Kier alpha value is -2.18. The molecule has 1 atom stereocenters. The van der Waals surface area contributed by atoms with Crippen LogP contribution in [0.1, 0.15) is 5.89 Å². The third-order valence-corrected chi connectivity index (χ3v) is 2.86. The summed E-state index contributed by atoms with van der Waals surface area (Å²) >= 11 is 0. The number of methoxy groups -OCH3 is 1. The van der Waals surface area contributed by atoms with Gasteiger partial charge in [0.05, 0.1) is 0 Å². The molecule has 0 aliphatic carbocycles. The lowest BCUT2D eigenvalue weighted by Gasteiger charge is -2.13. The highest BCUT2D eigenvalue weighted by atomic mass is 16.5. The van der Waals surface area contributed by atoms with Crippen molar-refractivity contribution in [2.24, 2.45) is 5.73 Å². The normalized spacial score (nSPS) is 12.2. The molecule has 0 aliphatic rings. The first-order chi connectivity index (χ1) is 9.63. The van der Waals surface area contributed by atoms with Gasteiger partial charge in [0.1, 0.15) is 18.1 Å². The van der Waals surface area contributed by atoms with Crippen molar-refractivity contribution < 1.29 is 13.9 Å². The van der Waals surface area contributed by atoms with Crippen molar-refractivity contribution in [3.63, 3.8) is 0 Å². The number of carbonyl (C=O) groups excluding carboxylic acids is 1. The molecule has 1 aromatic heterocycles. The molecule has 6 nitrogen and oxygen atoms in total. The number of nitrogens with zero attached hydrogens (tertiary/aromatic N) is 1. The molecule has 0 aliphatic heterocycles. The second kappa shape index (κ2) is 6.31. The molecule has 106 valence electrons. The quantitative estimate of drug-likeness (QED) is 0.864. The summed E-state index contributed by atoms with van der Waals surface area (Å²) in [7, 11) is 1.45. The van der Waals surface area contributed by atoms with Gasteiger partial charge in [0, 0.05) is 31.8 Å². The predicted octanol–water partition coefficient (Wildman–Crippen LogP) is 1.56. The topological polar surface area (TPSA) is 90.4 Å². The van der Waals surface area contributed by atoms with Crippen LogP contribution in [0.25, 0.3) is 11.3 Å². The zero-order valence-electron chi connectivity index (χ0n) is 11.4. The Bertz CT molecular complexity index is 574. The van der Waals surface area contributed by atoms with Crippen LogP contribution in [0.3, 0.4) is 0 Å². The Morgan fingerprint density at radius 3 is 2.65 bits per heavy atom. The number of ether oxygens (including phenoxy) is 1. The van der Waals surface area contributed by atoms with Crippen molar-refractivity contribution in [1.82, 2.24) is 4.98 Å². The fraction of sp³-hybridized carbons (Fsp3) is 0.286. The summed E-state index contributed by atoms with van der Waals surface area (Å²) in [6.45, 7) is 1.93. The number of rotatable bonds is 5. The van der Waals surface area contributed by atoms with E-state index in [0.29, 0.717) is 11.6 Å². The Balaban J connectivity index is 2.07. The lowest BCUT2D eigenvalue weighted by molar-refractivity contribution is -0.125. The number of aryl methyl sites for hydroxylation is 1. The van der Waals surface area contributed by atoms with Crippen LogP contribution >= 0.6 is 0 Å². The summed E-state index contributed by atoms with van der Waals surface area (Å²) in [5, 5.41) is 2.74. The number of benzene rings is 1. The van der Waals surface area contributed by atoms with Gasteiger partial charge in [0.25, 0.3) is 5.91 Å². The molecule has 1 aromatic carbocycles. The van der Waals surface area contributed by atoms with Crippen molar-refractivity contribution in [3.05, 3.63) is 36.4 Å². The molecule has 1 heterocycles. The predicted molar refractivity (Wildman–Crippen MR) is 75.2 cm³/mol. The van der Waals surface area contributed by atoms with Crippen LogP contribution in [-0.4, -0.2) is 30.6 Å². The number of amides is 1. The molecule has 1 amide bonds. The van der Waals surface area contributed by atoms with Crippen LogP contribution in [0.15, 0.2) is 34.9 Å². The number of nitrogens with one attached hydrogen (secondary N) is 1. The first kappa shape index (κ1) is 14.2. The number of hydrogen-bond acceptors (Lipinski definition) is 5. The number of anilines is 1. The fourth-order valence-electron chi connectivity index (χ4n) is 1.75. The van der Waals surface area contributed by atoms with Crippen molar-refractivity contribution in [2.45, 2.75) is 13.0 Å². The second-order valence-corrected chi connectivity index (χ2v) is 4.28. The minimum Gasteiger partial charge on any atom is -0.449 e. The van der Waals surface area contributed by atoms with Crippen molar-refractivity contribution in [2.75, 3.05) is 19.0 Å². The molecule has 2 aromatic rings. The van der Waals surface area contributed by atoms with Gasteiger partial charge in [-0.25, -0.2) is 4.98 Å². The zero-order chi connectivity index (χ0) is 14.5. The molecular formula is C14H17N3O3. The Kier molecular flexibility index (Phi) is 4.49. The van der Waals surface area contributed by atoms with E-state index >= 15 is 0 Å². The van der Waals surface area contributed by atoms with Crippen LogP contribution in [0.2, 0.25) is 0 Å². The lowest BCUT2D eigenvalue weighted by atomic mass is 10.1. The number of aromatic nitrogens is 1. The van der Waals surface area contributed by atoms with Gasteiger partial charge < -0.3 is 20.2 Å². The Morgan fingerprint density at radius 1 is 1.45 bits per heavy atom. The number of carbonyl (C=O) groups is 1. The summed E-state index contributed by atoms with van der Waals surface area (Å²) in [6.07, 6.45) is 0.950. The molecule has 0 bridgehead atoms. The van der Waals surface area contributed by atoms with Gasteiger partial charge >= 0.3 is 0 Å². The van der Waals surface area contributed by atoms with E-state index in [9.17, 15) is 4.79 Å². The van der Waals surface area contributed by atoms with Crippen molar-refractivity contribution >= 4 is 11.6 Å². The minimum absolute atomic E-state index is 0.138. The van der Waals surface area contributed by atoms with Gasteiger partial charge in [-0.1, -0.05) is 12.1 Å². The molecule has 0 spiro atoms. The maximum atomic E-state index is 11.8. The molecule has 0 fully saturated rings. The van der Waals surface area contributed by atoms with E-state index < -0.39 is 6.10 Å². The highest BCUT2D eigenvalue weighted by Gasteiger charge is 2.15. The largest absolute Gasteiger partial charge is 0.449 e. The van der Waals surface area contributed by atoms with Gasteiger partial charge in [-0.15, -0.1) is 0 Å². The maximum absolute atomic E-state index is 11.8. The van der Waals surface area contributed by atoms with Gasteiger partial charge in [0.15, 0.2) is 5.89 Å². The number of nitrogens with two attached hydrogens (primary N) is 1. The van der Waals surface area contributed by atoms with Crippen LogP contribution in [-0.2, 0) is 9.53 Å². The molecule has 0 saturated carbocycles. The molecule has 0 saturated heterocycles. The van der Waals surface area contributed by atoms with E-state index in [1.165, 1.54) is 7.11 Å². The third kappa shape index (κ3) is 3.23. The zero-order valence-corrected chi connectivity index (χ0v) is 11.4. The molecule has 3 N–H and O–H groups in total. The summed E-state index contributed by atoms with van der Waals surface area (Å²) in [4.78, 5) is 16.0. The van der Waals surface area contributed by atoms with Crippen LogP contribution in [0.5, 0.6) is 0 Å². The second-order valence-electron chi connectivity index (χ2n) is 4.28. The fourth-order valence-corrected chi connectivity index (χ4v) is 1.75. The Labute approximate surface area is 116 Å². The molecule has 0 radical (unpaired) electrons. The van der Waals surface area contributed by atoms with E-state index in [1.807, 2.05) is 12.1 Å². The van der Waals surface area contributed by atoms with Crippen LogP contribution in [0.4, 0.5) is 5.69 Å². The van der Waals surface area contributed by atoms with Gasteiger partial charge in [0.2, 0.25) is 0 Å². The smallest absolute Gasteiger partial charge is 0.254 e. The SMILES string of the molecule is COC(CN)C(=O)Nc1ccc(-c2coc(C)n2)cc1. The molecule has 20 heavy (non-hydrogen) atoms. The number of hydrogen-bond donors (Lipinski definition) is 2. The minimum atomic E-state index is -0.645. The molecular weight excluding hydrogens is 258 g/mol. The summed E-state index contributed by atoms with van der Waals surface area (Å²) in [5.74, 6) is 0.350. The third-order valence-electron chi connectivity index (χ3n) is 2.86. The average Bonchev–Trinajstić information content (AvgIpc) is 2.87. The monoisotopic (exact) mass is 275 g/mol. The number of oxazole rings is 1. The highest BCUT2D eigenvalue weighted by molar-refractivity contribution is 5.94. The Morgan fingerprint density at radius 2 is 2.15 bits per heavy atom. The summed E-state index contributed by atoms with van der Waals surface area (Å²) in [5.41, 5.74) is 7.79. The van der Waals surface area contributed by atoms with Crippen LogP contribution < -0.4 is 11.1 Å². The van der Waals surface area contributed by atoms with E-state index in [4.69, 9.17) is 14.9 Å². The molecule has 1 unspecified atom stereocenters. The van der Waals surface area contributed by atoms with Crippen molar-refractivity contribution in [3.8, 4) is 11.3 Å². The van der Waals surface area contributed by atoms with Gasteiger partial charge in [-0.05, 0) is 12.1 Å². The van der Waals surface area contributed by atoms with E-state index in [1.54, 1.807) is 25.3 Å². The molecule has 6 heteroatoms. The van der Waals surface area contributed by atoms with Crippen LogP contribution in [0, 0.1) is 6.92 Å². The average molecular weight is 275 g/mol. The van der Waals surface area contributed by atoms with Crippen molar-refractivity contribution in [1.29, 1.82) is 0 Å².